The Morgan fingerprint density at radius 2 is 2.16 bits per heavy atom. The molecule has 0 spiro atoms. The molecule has 0 saturated heterocycles. The van der Waals surface area contributed by atoms with Gasteiger partial charge >= 0.3 is 0 Å². The average Bonchev–Trinajstić information content (AvgIpc) is 3.12. The van der Waals surface area contributed by atoms with Gasteiger partial charge in [0.15, 0.2) is 5.82 Å². The molecule has 1 N–H and O–H groups in total. The van der Waals surface area contributed by atoms with Crippen LogP contribution >= 0.6 is 0 Å². The van der Waals surface area contributed by atoms with Gasteiger partial charge in [-0.1, -0.05) is 0 Å². The molecule has 1 aliphatic carbocycles. The summed E-state index contributed by atoms with van der Waals surface area (Å²) in [6, 6.07) is 3.90. The highest BCUT2D eigenvalue weighted by Gasteiger charge is 2.21. The third-order valence-corrected chi connectivity index (χ3v) is 3.06. The molecular formula is C12H13F2N5. The van der Waals surface area contributed by atoms with Crippen LogP contribution in [0.2, 0.25) is 0 Å². The summed E-state index contributed by atoms with van der Waals surface area (Å²) in [5.41, 5.74) is 0.236. The Morgan fingerprint density at radius 1 is 1.32 bits per heavy atom. The first kappa shape index (κ1) is 12.2. The minimum atomic E-state index is -0.470. The maximum Gasteiger partial charge on any atom is 0.165 e. The molecule has 1 saturated carbocycles. The molecule has 1 aromatic carbocycles. The SMILES string of the molecule is Fc1ccc(F)c(Cn2nnnc2CNC2CC2)c1. The van der Waals surface area contributed by atoms with Crippen molar-refractivity contribution >= 4 is 0 Å². The van der Waals surface area contributed by atoms with Crippen molar-refractivity contribution in [2.75, 3.05) is 0 Å². The molecule has 5 nitrogen and oxygen atoms in total. The van der Waals surface area contributed by atoms with Crippen molar-refractivity contribution in [2.45, 2.75) is 32.0 Å². The van der Waals surface area contributed by atoms with Crippen LogP contribution in [0.15, 0.2) is 18.2 Å². The summed E-state index contributed by atoms with van der Waals surface area (Å²) in [5.74, 6) is -0.310. The molecular weight excluding hydrogens is 252 g/mol. The number of hydrogen-bond donors (Lipinski definition) is 1. The first-order chi connectivity index (χ1) is 9.22. The first-order valence-electron chi connectivity index (χ1n) is 6.15. The van der Waals surface area contributed by atoms with E-state index in [0.717, 1.165) is 18.2 Å². The number of tetrazole rings is 1. The van der Waals surface area contributed by atoms with Crippen molar-refractivity contribution in [3.8, 4) is 0 Å². The molecule has 7 heteroatoms. The summed E-state index contributed by atoms with van der Waals surface area (Å²) >= 11 is 0. The van der Waals surface area contributed by atoms with E-state index in [4.69, 9.17) is 0 Å². The fourth-order valence-electron chi connectivity index (χ4n) is 1.82. The van der Waals surface area contributed by atoms with E-state index >= 15 is 0 Å². The van der Waals surface area contributed by atoms with E-state index in [1.54, 1.807) is 0 Å². The van der Waals surface area contributed by atoms with Gasteiger partial charge in [0.2, 0.25) is 0 Å². The molecule has 0 bridgehead atoms. The van der Waals surface area contributed by atoms with Crippen molar-refractivity contribution < 1.29 is 8.78 Å². The lowest BCUT2D eigenvalue weighted by atomic mass is 10.2. The van der Waals surface area contributed by atoms with Gasteiger partial charge < -0.3 is 5.32 Å². The summed E-state index contributed by atoms with van der Waals surface area (Å²) in [4.78, 5) is 0. The van der Waals surface area contributed by atoms with Crippen LogP contribution in [-0.4, -0.2) is 26.2 Å². The number of nitrogens with one attached hydrogen (secondary N) is 1. The van der Waals surface area contributed by atoms with Crippen LogP contribution < -0.4 is 5.32 Å². The van der Waals surface area contributed by atoms with Crippen molar-refractivity contribution in [1.29, 1.82) is 0 Å². The van der Waals surface area contributed by atoms with Gasteiger partial charge in [-0.2, -0.15) is 0 Å². The van der Waals surface area contributed by atoms with Crippen molar-refractivity contribution in [2.24, 2.45) is 0 Å². The van der Waals surface area contributed by atoms with E-state index in [1.165, 1.54) is 17.5 Å². The van der Waals surface area contributed by atoms with Crippen molar-refractivity contribution in [3.63, 3.8) is 0 Å². The van der Waals surface area contributed by atoms with E-state index in [9.17, 15) is 8.78 Å². The normalized spacial score (nSPS) is 14.8. The number of hydrogen-bond acceptors (Lipinski definition) is 4. The van der Waals surface area contributed by atoms with Gasteiger partial charge in [0.05, 0.1) is 13.1 Å². The second kappa shape index (κ2) is 5.00. The van der Waals surface area contributed by atoms with Crippen LogP contribution in [0.25, 0.3) is 0 Å². The Hall–Kier alpha value is -1.89. The second-order valence-corrected chi connectivity index (χ2v) is 4.64. The number of aromatic nitrogens is 4. The summed E-state index contributed by atoms with van der Waals surface area (Å²) in [7, 11) is 0. The summed E-state index contributed by atoms with van der Waals surface area (Å²) < 4.78 is 28.1. The maximum atomic E-state index is 13.6. The van der Waals surface area contributed by atoms with Crippen LogP contribution in [-0.2, 0) is 13.1 Å². The monoisotopic (exact) mass is 265 g/mol. The number of benzene rings is 1. The third kappa shape index (κ3) is 2.93. The van der Waals surface area contributed by atoms with Gasteiger partial charge in [0.25, 0.3) is 0 Å². The number of halogens is 2. The zero-order chi connectivity index (χ0) is 13.2. The molecule has 1 heterocycles. The summed E-state index contributed by atoms with van der Waals surface area (Å²) in [6.45, 7) is 0.660. The Labute approximate surface area is 108 Å². The maximum absolute atomic E-state index is 13.6. The predicted octanol–water partition coefficient (Wildman–Crippen LogP) is 1.25. The van der Waals surface area contributed by atoms with Crippen LogP contribution in [0.1, 0.15) is 24.2 Å². The predicted molar refractivity (Wildman–Crippen MR) is 63.1 cm³/mol. The molecule has 0 radical (unpaired) electrons. The molecule has 100 valence electrons. The quantitative estimate of drug-likeness (QED) is 0.884. The minimum absolute atomic E-state index is 0.123. The van der Waals surface area contributed by atoms with E-state index in [0.29, 0.717) is 18.4 Å². The largest absolute Gasteiger partial charge is 0.307 e. The lowest BCUT2D eigenvalue weighted by molar-refractivity contribution is 0.540. The summed E-state index contributed by atoms with van der Waals surface area (Å²) in [5, 5.41) is 14.5. The van der Waals surface area contributed by atoms with Crippen LogP contribution in [0.5, 0.6) is 0 Å². The molecule has 3 rings (SSSR count). The van der Waals surface area contributed by atoms with Gasteiger partial charge in [-0.05, 0) is 41.5 Å². The van der Waals surface area contributed by atoms with Crippen molar-refractivity contribution in [1.82, 2.24) is 25.5 Å². The zero-order valence-electron chi connectivity index (χ0n) is 10.2. The molecule has 1 aliphatic rings. The minimum Gasteiger partial charge on any atom is -0.307 e. The fraction of sp³-hybridized carbons (Fsp3) is 0.417. The Balaban J connectivity index is 1.74. The van der Waals surface area contributed by atoms with Crippen LogP contribution in [0.4, 0.5) is 8.78 Å². The standard InChI is InChI=1S/C12H13F2N5/c13-9-1-4-11(14)8(5-9)7-19-12(16-17-18-19)6-15-10-2-3-10/h1,4-5,10,15H,2-3,6-7H2. The van der Waals surface area contributed by atoms with E-state index in [1.807, 2.05) is 0 Å². The smallest absolute Gasteiger partial charge is 0.165 e. The highest BCUT2D eigenvalue weighted by atomic mass is 19.1. The molecule has 0 amide bonds. The topological polar surface area (TPSA) is 55.6 Å². The number of nitrogens with zero attached hydrogens (tertiary/aromatic N) is 4. The highest BCUT2D eigenvalue weighted by Crippen LogP contribution is 2.19. The fourth-order valence-corrected chi connectivity index (χ4v) is 1.82. The van der Waals surface area contributed by atoms with Gasteiger partial charge in [-0.3, -0.25) is 0 Å². The Morgan fingerprint density at radius 3 is 2.95 bits per heavy atom. The molecule has 0 aliphatic heterocycles. The van der Waals surface area contributed by atoms with E-state index in [-0.39, 0.29) is 12.1 Å². The molecule has 1 fully saturated rings. The van der Waals surface area contributed by atoms with Gasteiger partial charge in [-0.25, -0.2) is 13.5 Å². The molecule has 2 aromatic rings. The molecule has 0 unspecified atom stereocenters. The number of rotatable bonds is 5. The Kier molecular flexibility index (Phi) is 3.20. The lowest BCUT2D eigenvalue weighted by Crippen LogP contribution is -2.20. The lowest BCUT2D eigenvalue weighted by Gasteiger charge is -2.06. The Bertz CT molecular complexity index is 579. The molecule has 0 atom stereocenters. The molecule has 19 heavy (non-hydrogen) atoms. The van der Waals surface area contributed by atoms with Gasteiger partial charge in [-0.15, -0.1) is 5.10 Å². The van der Waals surface area contributed by atoms with Gasteiger partial charge in [0.1, 0.15) is 11.6 Å². The van der Waals surface area contributed by atoms with Crippen LogP contribution in [0, 0.1) is 11.6 Å². The third-order valence-electron chi connectivity index (χ3n) is 3.06. The van der Waals surface area contributed by atoms with Crippen molar-refractivity contribution in [3.05, 3.63) is 41.2 Å². The average molecular weight is 265 g/mol. The van der Waals surface area contributed by atoms with Gasteiger partial charge in [0, 0.05) is 11.6 Å². The zero-order valence-corrected chi connectivity index (χ0v) is 10.2. The first-order valence-corrected chi connectivity index (χ1v) is 6.15. The second-order valence-electron chi connectivity index (χ2n) is 4.64. The molecule has 1 aromatic heterocycles. The summed E-state index contributed by atoms with van der Waals surface area (Å²) in [6.07, 6.45) is 2.33. The van der Waals surface area contributed by atoms with Crippen LogP contribution in [0.3, 0.4) is 0 Å². The van der Waals surface area contributed by atoms with E-state index < -0.39 is 11.6 Å². The van der Waals surface area contributed by atoms with E-state index in [2.05, 4.69) is 20.8 Å². The highest BCUT2D eigenvalue weighted by molar-refractivity contribution is 5.19.